The highest BCUT2D eigenvalue weighted by molar-refractivity contribution is 7.85. The van der Waals surface area contributed by atoms with Crippen LogP contribution in [0.4, 0.5) is 0 Å². The van der Waals surface area contributed by atoms with Crippen molar-refractivity contribution in [2.24, 2.45) is 0 Å². The van der Waals surface area contributed by atoms with Crippen molar-refractivity contribution >= 4 is 66.9 Å². The van der Waals surface area contributed by atoms with Crippen LogP contribution in [0.3, 0.4) is 0 Å². The van der Waals surface area contributed by atoms with Gasteiger partial charge in [-0.2, -0.15) is 0 Å². The second kappa shape index (κ2) is 10.5. The van der Waals surface area contributed by atoms with Crippen LogP contribution in [0.2, 0.25) is 0 Å². The molecule has 0 aliphatic heterocycles. The zero-order valence-electron chi connectivity index (χ0n) is 24.8. The summed E-state index contributed by atoms with van der Waals surface area (Å²) < 4.78 is 27.7. The molecule has 0 unspecified atom stereocenters. The largest absolute Gasteiger partial charge is 0.456 e. The molecule has 0 N–H and O–H groups in total. The molecule has 9 aromatic rings. The van der Waals surface area contributed by atoms with E-state index >= 15 is 4.57 Å². The number of rotatable bonds is 5. The van der Waals surface area contributed by atoms with Crippen molar-refractivity contribution in [2.45, 2.75) is 0 Å². The van der Waals surface area contributed by atoms with Gasteiger partial charge < -0.3 is 13.4 Å². The molecular formula is C42H27O3P. The number of hydrogen-bond donors (Lipinski definition) is 0. The molecule has 0 bridgehead atoms. The summed E-state index contributed by atoms with van der Waals surface area (Å²) in [5.74, 6) is 0. The smallest absolute Gasteiger partial charge is 0.171 e. The Morgan fingerprint density at radius 1 is 0.370 bits per heavy atom. The lowest BCUT2D eigenvalue weighted by atomic mass is 9.99. The number of hydrogen-bond acceptors (Lipinski definition) is 3. The van der Waals surface area contributed by atoms with Crippen LogP contribution in [-0.4, -0.2) is 0 Å². The molecule has 0 saturated carbocycles. The van der Waals surface area contributed by atoms with E-state index < -0.39 is 7.14 Å². The minimum Gasteiger partial charge on any atom is -0.456 e. The van der Waals surface area contributed by atoms with Gasteiger partial charge in [0.1, 0.15) is 22.3 Å². The Morgan fingerprint density at radius 2 is 0.913 bits per heavy atom. The van der Waals surface area contributed by atoms with Gasteiger partial charge in [-0.3, -0.25) is 0 Å². The third-order valence-electron chi connectivity index (χ3n) is 8.97. The standard InChI is InChI=1S/C42H27O3P/c43-46(31-12-3-1-4-13-31,32-14-5-2-6-15-32)33-16-9-11-28(25-33)29-21-23-40-37(26-29)38-27-30(22-24-41(38)44-40)34-18-10-19-36-35-17-7-8-20-39(35)45-42(34)36/h1-27H. The SMILES string of the molecule is O=P(c1ccccc1)(c1ccccc1)c1cccc(-c2ccc3oc4ccc(-c5cccc6c5oc5ccccc56)cc4c3c2)c1. The van der Waals surface area contributed by atoms with Gasteiger partial charge in [-0.05, 0) is 53.1 Å². The summed E-state index contributed by atoms with van der Waals surface area (Å²) in [6.45, 7) is 0. The van der Waals surface area contributed by atoms with E-state index in [0.717, 1.165) is 82.0 Å². The van der Waals surface area contributed by atoms with Gasteiger partial charge in [0.25, 0.3) is 0 Å². The highest BCUT2D eigenvalue weighted by Gasteiger charge is 2.29. The van der Waals surface area contributed by atoms with E-state index in [1.807, 2.05) is 103 Å². The van der Waals surface area contributed by atoms with E-state index in [-0.39, 0.29) is 0 Å². The molecule has 46 heavy (non-hydrogen) atoms. The van der Waals surface area contributed by atoms with Gasteiger partial charge in [0.2, 0.25) is 0 Å². The molecule has 0 aliphatic rings. The molecular weight excluding hydrogens is 583 g/mol. The molecule has 0 spiro atoms. The first-order valence-corrected chi connectivity index (χ1v) is 17.1. The Balaban J connectivity index is 1.18. The highest BCUT2D eigenvalue weighted by Crippen LogP contribution is 2.44. The van der Waals surface area contributed by atoms with Crippen LogP contribution < -0.4 is 15.9 Å². The van der Waals surface area contributed by atoms with Crippen molar-refractivity contribution in [2.75, 3.05) is 0 Å². The Bertz CT molecular complexity index is 2570. The van der Waals surface area contributed by atoms with E-state index in [1.54, 1.807) is 0 Å². The van der Waals surface area contributed by atoms with E-state index in [4.69, 9.17) is 8.83 Å². The molecule has 0 amide bonds. The number of benzene rings is 7. The average Bonchev–Trinajstić information content (AvgIpc) is 3.70. The van der Waals surface area contributed by atoms with Gasteiger partial charge >= 0.3 is 0 Å². The molecule has 0 saturated heterocycles. The zero-order valence-corrected chi connectivity index (χ0v) is 25.7. The monoisotopic (exact) mass is 610 g/mol. The predicted molar refractivity (Wildman–Crippen MR) is 191 cm³/mol. The first-order valence-electron chi connectivity index (χ1n) is 15.4. The molecule has 0 aliphatic carbocycles. The van der Waals surface area contributed by atoms with Crippen molar-refractivity contribution in [1.29, 1.82) is 0 Å². The predicted octanol–water partition coefficient (Wildman–Crippen LogP) is 10.5. The van der Waals surface area contributed by atoms with Crippen LogP contribution in [0.1, 0.15) is 0 Å². The third-order valence-corrected chi connectivity index (χ3v) is 12.0. The zero-order chi connectivity index (χ0) is 30.7. The maximum Gasteiger partial charge on any atom is 0.171 e. The van der Waals surface area contributed by atoms with Crippen molar-refractivity contribution in [1.82, 2.24) is 0 Å². The fraction of sp³-hybridized carbons (Fsp3) is 0. The Labute approximate surface area is 265 Å². The minimum atomic E-state index is -3.10. The minimum absolute atomic E-state index is 0.806. The highest BCUT2D eigenvalue weighted by atomic mass is 31.2. The normalized spacial score (nSPS) is 12.0. The van der Waals surface area contributed by atoms with Gasteiger partial charge in [-0.1, -0.05) is 127 Å². The van der Waals surface area contributed by atoms with Crippen molar-refractivity contribution in [3.05, 3.63) is 164 Å². The summed E-state index contributed by atoms with van der Waals surface area (Å²) in [6, 6.07) is 54.9. The maximum absolute atomic E-state index is 15.0. The van der Waals surface area contributed by atoms with Crippen molar-refractivity contribution in [3.8, 4) is 22.3 Å². The Morgan fingerprint density at radius 3 is 1.65 bits per heavy atom. The van der Waals surface area contributed by atoms with E-state index in [9.17, 15) is 0 Å². The van der Waals surface area contributed by atoms with Crippen LogP contribution in [0.25, 0.3) is 66.1 Å². The molecule has 218 valence electrons. The lowest BCUT2D eigenvalue weighted by Gasteiger charge is -2.20. The van der Waals surface area contributed by atoms with Crippen LogP contribution in [0.5, 0.6) is 0 Å². The lowest BCUT2D eigenvalue weighted by molar-refractivity contribution is 0.592. The van der Waals surface area contributed by atoms with Crippen LogP contribution in [0.15, 0.2) is 173 Å². The summed E-state index contributed by atoms with van der Waals surface area (Å²) in [5.41, 5.74) is 7.58. The first kappa shape index (κ1) is 26.7. The van der Waals surface area contributed by atoms with E-state index in [2.05, 4.69) is 60.7 Å². The van der Waals surface area contributed by atoms with Gasteiger partial charge in [0.15, 0.2) is 7.14 Å². The molecule has 0 atom stereocenters. The first-order chi connectivity index (χ1) is 22.7. The molecule has 4 heteroatoms. The molecule has 9 rings (SSSR count). The molecule has 0 fully saturated rings. The molecule has 0 radical (unpaired) electrons. The van der Waals surface area contributed by atoms with E-state index in [1.165, 1.54) is 0 Å². The summed E-state index contributed by atoms with van der Waals surface area (Å²) >= 11 is 0. The van der Waals surface area contributed by atoms with Crippen molar-refractivity contribution < 1.29 is 13.4 Å². The van der Waals surface area contributed by atoms with Crippen LogP contribution in [0, 0.1) is 0 Å². The molecule has 2 aromatic heterocycles. The number of furan rings is 2. The van der Waals surface area contributed by atoms with E-state index in [0.29, 0.717) is 0 Å². The lowest BCUT2D eigenvalue weighted by Crippen LogP contribution is -2.25. The van der Waals surface area contributed by atoms with Crippen LogP contribution in [-0.2, 0) is 4.57 Å². The van der Waals surface area contributed by atoms with Gasteiger partial charge in [-0.15, -0.1) is 0 Å². The van der Waals surface area contributed by atoms with Gasteiger partial charge in [-0.25, -0.2) is 0 Å². The molecule has 3 nitrogen and oxygen atoms in total. The molecule has 2 heterocycles. The molecule has 7 aromatic carbocycles. The summed E-state index contributed by atoms with van der Waals surface area (Å²) in [5, 5.41) is 6.74. The topological polar surface area (TPSA) is 43.4 Å². The van der Waals surface area contributed by atoms with Gasteiger partial charge in [0.05, 0.1) is 0 Å². The maximum atomic E-state index is 15.0. The quantitative estimate of drug-likeness (QED) is 0.182. The summed E-state index contributed by atoms with van der Waals surface area (Å²) in [6.07, 6.45) is 0. The van der Waals surface area contributed by atoms with Gasteiger partial charge in [0, 0.05) is 43.0 Å². The fourth-order valence-electron chi connectivity index (χ4n) is 6.70. The number of fused-ring (bicyclic) bond motifs is 6. The fourth-order valence-corrected chi connectivity index (χ4v) is 9.40. The average molecular weight is 611 g/mol. The second-order valence-corrected chi connectivity index (χ2v) is 14.4. The summed E-state index contributed by atoms with van der Waals surface area (Å²) in [7, 11) is -3.10. The Hall–Kier alpha value is -5.63. The number of para-hydroxylation sites is 2. The van der Waals surface area contributed by atoms with Crippen molar-refractivity contribution in [3.63, 3.8) is 0 Å². The summed E-state index contributed by atoms with van der Waals surface area (Å²) in [4.78, 5) is 0. The Kier molecular flexibility index (Phi) is 6.09. The third kappa shape index (κ3) is 4.17. The second-order valence-electron chi connectivity index (χ2n) is 11.6. The van der Waals surface area contributed by atoms with Crippen LogP contribution >= 0.6 is 7.14 Å².